The van der Waals surface area contributed by atoms with E-state index < -0.39 is 0 Å². The number of benzene rings is 1. The Morgan fingerprint density at radius 1 is 1.53 bits per heavy atom. The van der Waals surface area contributed by atoms with E-state index in [0.717, 1.165) is 12.2 Å². The first-order valence-corrected chi connectivity index (χ1v) is 5.79. The maximum Gasteiger partial charge on any atom is 0.223 e. The monoisotopic (exact) mass is 231 g/mol. The van der Waals surface area contributed by atoms with E-state index in [-0.39, 0.29) is 11.8 Å². The summed E-state index contributed by atoms with van der Waals surface area (Å²) in [5.41, 5.74) is 1.21. The maximum atomic E-state index is 11.7. The van der Waals surface area contributed by atoms with Crippen LogP contribution in [-0.4, -0.2) is 19.6 Å². The van der Waals surface area contributed by atoms with Gasteiger partial charge < -0.3 is 10.1 Å². The third kappa shape index (κ3) is 2.67. The van der Waals surface area contributed by atoms with Crippen LogP contribution in [0.1, 0.15) is 17.9 Å². The predicted octanol–water partition coefficient (Wildman–Crippen LogP) is 2.10. The molecule has 0 heterocycles. The number of rotatable bonds is 5. The summed E-state index contributed by atoms with van der Waals surface area (Å²) in [7, 11) is 1.65. The van der Waals surface area contributed by atoms with Gasteiger partial charge in [0.15, 0.2) is 0 Å². The first-order chi connectivity index (χ1) is 8.26. The third-order valence-electron chi connectivity index (χ3n) is 3.09. The fourth-order valence-electron chi connectivity index (χ4n) is 2.01. The molecule has 2 unspecified atom stereocenters. The van der Waals surface area contributed by atoms with Crippen molar-refractivity contribution in [1.82, 2.24) is 5.32 Å². The average molecular weight is 231 g/mol. The number of nitrogens with one attached hydrogen (secondary N) is 1. The number of hydrogen-bond acceptors (Lipinski definition) is 2. The van der Waals surface area contributed by atoms with Crippen LogP contribution >= 0.6 is 0 Å². The highest BCUT2D eigenvalue weighted by molar-refractivity contribution is 5.83. The highest BCUT2D eigenvalue weighted by Gasteiger charge is 2.43. The smallest absolute Gasteiger partial charge is 0.223 e. The van der Waals surface area contributed by atoms with Crippen LogP contribution < -0.4 is 10.1 Å². The van der Waals surface area contributed by atoms with Gasteiger partial charge in [-0.05, 0) is 30.0 Å². The third-order valence-corrected chi connectivity index (χ3v) is 3.09. The van der Waals surface area contributed by atoms with Crippen molar-refractivity contribution >= 4 is 5.91 Å². The van der Waals surface area contributed by atoms with Crippen LogP contribution in [0.3, 0.4) is 0 Å². The molecule has 0 spiro atoms. The molecule has 0 aliphatic heterocycles. The Morgan fingerprint density at radius 3 is 2.82 bits per heavy atom. The molecular weight excluding hydrogens is 214 g/mol. The van der Waals surface area contributed by atoms with Crippen LogP contribution in [0.25, 0.3) is 0 Å². The molecule has 2 atom stereocenters. The summed E-state index contributed by atoms with van der Waals surface area (Å²) in [4.78, 5) is 11.7. The lowest BCUT2D eigenvalue weighted by Crippen LogP contribution is -2.25. The molecular formula is C14H17NO2. The molecule has 3 nitrogen and oxygen atoms in total. The van der Waals surface area contributed by atoms with Gasteiger partial charge >= 0.3 is 0 Å². The van der Waals surface area contributed by atoms with Crippen molar-refractivity contribution in [1.29, 1.82) is 0 Å². The lowest BCUT2D eigenvalue weighted by Gasteiger charge is -2.03. The number of carbonyl (C=O) groups is 1. The van der Waals surface area contributed by atoms with Crippen molar-refractivity contribution in [2.75, 3.05) is 13.7 Å². The SMILES string of the molecule is C=CCNC(=O)C1CC1c1ccc(OC)cc1. The van der Waals surface area contributed by atoms with Gasteiger partial charge in [0, 0.05) is 12.5 Å². The van der Waals surface area contributed by atoms with E-state index in [4.69, 9.17) is 4.74 Å². The van der Waals surface area contributed by atoms with Gasteiger partial charge in [0.1, 0.15) is 5.75 Å². The van der Waals surface area contributed by atoms with Gasteiger partial charge in [-0.1, -0.05) is 18.2 Å². The topological polar surface area (TPSA) is 38.3 Å². The van der Waals surface area contributed by atoms with E-state index >= 15 is 0 Å². The van der Waals surface area contributed by atoms with Gasteiger partial charge in [0.25, 0.3) is 0 Å². The molecule has 3 heteroatoms. The average Bonchev–Trinajstić information content (AvgIpc) is 3.16. The highest BCUT2D eigenvalue weighted by Crippen LogP contribution is 2.47. The Bertz CT molecular complexity index is 411. The van der Waals surface area contributed by atoms with Gasteiger partial charge in [0.2, 0.25) is 5.91 Å². The van der Waals surface area contributed by atoms with Crippen LogP contribution in [0, 0.1) is 5.92 Å². The molecule has 1 amide bonds. The van der Waals surface area contributed by atoms with Crippen molar-refractivity contribution in [3.63, 3.8) is 0 Å². The van der Waals surface area contributed by atoms with E-state index in [1.807, 2.05) is 24.3 Å². The minimum atomic E-state index is 0.128. The number of methoxy groups -OCH3 is 1. The molecule has 0 radical (unpaired) electrons. The fourth-order valence-corrected chi connectivity index (χ4v) is 2.01. The maximum absolute atomic E-state index is 11.7. The molecule has 17 heavy (non-hydrogen) atoms. The summed E-state index contributed by atoms with van der Waals surface area (Å²) in [5, 5.41) is 2.83. The molecule has 1 aromatic rings. The number of carbonyl (C=O) groups excluding carboxylic acids is 1. The van der Waals surface area contributed by atoms with Crippen LogP contribution in [0.15, 0.2) is 36.9 Å². The summed E-state index contributed by atoms with van der Waals surface area (Å²) in [5.74, 6) is 1.47. The Kier molecular flexibility index (Phi) is 3.47. The molecule has 0 bridgehead atoms. The second-order valence-electron chi connectivity index (χ2n) is 4.26. The normalized spacial score (nSPS) is 21.7. The Labute approximate surface area is 101 Å². The zero-order valence-electron chi connectivity index (χ0n) is 9.98. The summed E-state index contributed by atoms with van der Waals surface area (Å²) >= 11 is 0. The molecule has 0 aromatic heterocycles. The van der Waals surface area contributed by atoms with E-state index in [1.54, 1.807) is 13.2 Å². The zero-order chi connectivity index (χ0) is 12.3. The molecule has 1 aliphatic rings. The highest BCUT2D eigenvalue weighted by atomic mass is 16.5. The van der Waals surface area contributed by atoms with Gasteiger partial charge in [-0.15, -0.1) is 6.58 Å². The Hall–Kier alpha value is -1.77. The molecule has 1 aliphatic carbocycles. The number of ether oxygens (including phenoxy) is 1. The summed E-state index contributed by atoms with van der Waals surface area (Å²) < 4.78 is 5.11. The van der Waals surface area contributed by atoms with E-state index in [9.17, 15) is 4.79 Å². The van der Waals surface area contributed by atoms with E-state index in [0.29, 0.717) is 12.5 Å². The van der Waals surface area contributed by atoms with E-state index in [2.05, 4.69) is 11.9 Å². The molecule has 1 saturated carbocycles. The van der Waals surface area contributed by atoms with Crippen LogP contribution in [0.2, 0.25) is 0 Å². The second-order valence-corrected chi connectivity index (χ2v) is 4.26. The minimum absolute atomic E-state index is 0.128. The van der Waals surface area contributed by atoms with Crippen molar-refractivity contribution in [2.45, 2.75) is 12.3 Å². The minimum Gasteiger partial charge on any atom is -0.497 e. The van der Waals surface area contributed by atoms with Gasteiger partial charge in [-0.3, -0.25) is 4.79 Å². The van der Waals surface area contributed by atoms with Crippen LogP contribution in [-0.2, 0) is 4.79 Å². The molecule has 1 aromatic carbocycles. The molecule has 2 rings (SSSR count). The fraction of sp³-hybridized carbons (Fsp3) is 0.357. The zero-order valence-corrected chi connectivity index (χ0v) is 9.98. The summed E-state index contributed by atoms with van der Waals surface area (Å²) in [6.07, 6.45) is 2.64. The van der Waals surface area contributed by atoms with Crippen molar-refractivity contribution in [3.8, 4) is 5.75 Å². The number of hydrogen-bond donors (Lipinski definition) is 1. The Morgan fingerprint density at radius 2 is 2.24 bits per heavy atom. The predicted molar refractivity (Wildman–Crippen MR) is 67.0 cm³/mol. The quantitative estimate of drug-likeness (QED) is 0.788. The lowest BCUT2D eigenvalue weighted by molar-refractivity contribution is -0.122. The van der Waals surface area contributed by atoms with Crippen molar-refractivity contribution in [3.05, 3.63) is 42.5 Å². The second kappa shape index (κ2) is 5.04. The molecule has 0 saturated heterocycles. The standard InChI is InChI=1S/C14H17NO2/c1-3-8-15-14(16)13-9-12(13)10-4-6-11(17-2)7-5-10/h3-7,12-13H,1,8-9H2,2H3,(H,15,16). The van der Waals surface area contributed by atoms with Gasteiger partial charge in [-0.25, -0.2) is 0 Å². The molecule has 90 valence electrons. The van der Waals surface area contributed by atoms with E-state index in [1.165, 1.54) is 5.56 Å². The molecule has 1 fully saturated rings. The van der Waals surface area contributed by atoms with Crippen LogP contribution in [0.4, 0.5) is 0 Å². The molecule has 1 N–H and O–H groups in total. The number of amides is 1. The first-order valence-electron chi connectivity index (χ1n) is 5.79. The van der Waals surface area contributed by atoms with Crippen LogP contribution in [0.5, 0.6) is 5.75 Å². The summed E-state index contributed by atoms with van der Waals surface area (Å²) in [6.45, 7) is 4.13. The summed E-state index contributed by atoms with van der Waals surface area (Å²) in [6, 6.07) is 7.94. The Balaban J connectivity index is 1.93. The van der Waals surface area contributed by atoms with Gasteiger partial charge in [0.05, 0.1) is 7.11 Å². The first kappa shape index (κ1) is 11.7. The van der Waals surface area contributed by atoms with Gasteiger partial charge in [-0.2, -0.15) is 0 Å². The van der Waals surface area contributed by atoms with Crippen molar-refractivity contribution < 1.29 is 9.53 Å². The van der Waals surface area contributed by atoms with Crippen molar-refractivity contribution in [2.24, 2.45) is 5.92 Å². The lowest BCUT2D eigenvalue weighted by atomic mass is 10.1. The largest absolute Gasteiger partial charge is 0.497 e.